The second kappa shape index (κ2) is 6.76. The van der Waals surface area contributed by atoms with Crippen LogP contribution in [0.1, 0.15) is 29.4 Å². The minimum atomic E-state index is -0.217. The molecule has 0 spiro atoms. The van der Waals surface area contributed by atoms with Gasteiger partial charge < -0.3 is 4.74 Å². The third-order valence-electron chi connectivity index (χ3n) is 3.38. The molecule has 0 aliphatic carbocycles. The number of esters is 1. The number of hydrogen-bond donors (Lipinski definition) is 0. The van der Waals surface area contributed by atoms with Gasteiger partial charge in [0.1, 0.15) is 0 Å². The van der Waals surface area contributed by atoms with Gasteiger partial charge in [0.25, 0.3) is 0 Å². The maximum Gasteiger partial charge on any atom is 0.310 e. The van der Waals surface area contributed by atoms with Crippen molar-refractivity contribution in [1.29, 1.82) is 0 Å². The van der Waals surface area contributed by atoms with Crippen LogP contribution < -0.4 is 0 Å². The van der Waals surface area contributed by atoms with E-state index >= 15 is 0 Å². The lowest BCUT2D eigenvalue weighted by Crippen LogP contribution is -2.09. The molecular weight excluding hydrogens is 288 g/mol. The van der Waals surface area contributed by atoms with Crippen LogP contribution in [0.4, 0.5) is 0 Å². The molecule has 5 heteroatoms. The molecule has 1 aromatic heterocycles. The zero-order valence-corrected chi connectivity index (χ0v) is 13.3. The van der Waals surface area contributed by atoms with Crippen molar-refractivity contribution in [3.8, 4) is 0 Å². The molecule has 0 N–H and O–H groups in total. The largest absolute Gasteiger partial charge is 0.466 e. The minimum Gasteiger partial charge on any atom is -0.466 e. The highest BCUT2D eigenvalue weighted by molar-refractivity contribution is 6.30. The normalized spacial score (nSPS) is 10.7. The van der Waals surface area contributed by atoms with Gasteiger partial charge in [-0.15, -0.1) is 0 Å². The molecule has 0 bridgehead atoms. The van der Waals surface area contributed by atoms with Crippen molar-refractivity contribution in [2.75, 3.05) is 6.61 Å². The summed E-state index contributed by atoms with van der Waals surface area (Å²) in [5.74, 6) is -0.217. The fourth-order valence-electron chi connectivity index (χ4n) is 2.31. The topological polar surface area (TPSA) is 44.1 Å². The van der Waals surface area contributed by atoms with E-state index < -0.39 is 0 Å². The molecule has 0 fully saturated rings. The molecule has 0 amide bonds. The van der Waals surface area contributed by atoms with Gasteiger partial charge >= 0.3 is 5.97 Å². The van der Waals surface area contributed by atoms with E-state index in [1.54, 1.807) is 6.92 Å². The van der Waals surface area contributed by atoms with Crippen LogP contribution in [-0.4, -0.2) is 22.4 Å². The van der Waals surface area contributed by atoms with Crippen molar-refractivity contribution >= 4 is 17.6 Å². The maximum atomic E-state index is 11.7. The van der Waals surface area contributed by atoms with E-state index in [-0.39, 0.29) is 12.4 Å². The van der Waals surface area contributed by atoms with Gasteiger partial charge in [-0.05, 0) is 38.5 Å². The molecule has 1 heterocycles. The Hall–Kier alpha value is -1.81. The number of hydrogen-bond acceptors (Lipinski definition) is 3. The highest BCUT2D eigenvalue weighted by Crippen LogP contribution is 2.17. The quantitative estimate of drug-likeness (QED) is 0.796. The molecule has 0 atom stereocenters. The molecule has 0 saturated carbocycles. The minimum absolute atomic E-state index is 0.217. The average Bonchev–Trinajstić information content (AvgIpc) is 2.67. The maximum absolute atomic E-state index is 11.7. The zero-order chi connectivity index (χ0) is 15.4. The zero-order valence-electron chi connectivity index (χ0n) is 12.5. The summed E-state index contributed by atoms with van der Waals surface area (Å²) in [7, 11) is 0. The standard InChI is InChI=1S/C16H19ClN2O2/c1-4-21-16(20)9-15-11(2)18-19(12(15)3)10-13-6-5-7-14(17)8-13/h5-8H,4,9-10H2,1-3H3. The van der Waals surface area contributed by atoms with Gasteiger partial charge in [0.05, 0.1) is 25.3 Å². The van der Waals surface area contributed by atoms with E-state index in [9.17, 15) is 4.79 Å². The predicted octanol–water partition coefficient (Wildman–Crippen LogP) is 3.31. The van der Waals surface area contributed by atoms with Gasteiger partial charge in [0.2, 0.25) is 0 Å². The first-order valence-electron chi connectivity index (χ1n) is 6.94. The Bertz CT molecular complexity index is 650. The summed E-state index contributed by atoms with van der Waals surface area (Å²) in [5, 5.41) is 5.22. The van der Waals surface area contributed by atoms with Crippen molar-refractivity contribution < 1.29 is 9.53 Å². The summed E-state index contributed by atoms with van der Waals surface area (Å²) in [6, 6.07) is 7.69. The van der Waals surface area contributed by atoms with E-state index in [1.165, 1.54) is 0 Å². The number of carbonyl (C=O) groups is 1. The van der Waals surface area contributed by atoms with Crippen molar-refractivity contribution in [2.45, 2.75) is 33.7 Å². The fraction of sp³-hybridized carbons (Fsp3) is 0.375. The summed E-state index contributed by atoms with van der Waals surface area (Å²) < 4.78 is 6.90. The molecule has 0 aliphatic rings. The number of carbonyl (C=O) groups excluding carboxylic acids is 1. The van der Waals surface area contributed by atoms with Gasteiger partial charge in [-0.25, -0.2) is 0 Å². The Morgan fingerprint density at radius 2 is 2.14 bits per heavy atom. The monoisotopic (exact) mass is 306 g/mol. The molecule has 2 aromatic rings. The van der Waals surface area contributed by atoms with Gasteiger partial charge in [-0.3, -0.25) is 9.48 Å². The molecule has 0 aliphatic heterocycles. The van der Waals surface area contributed by atoms with E-state index in [2.05, 4.69) is 5.10 Å². The van der Waals surface area contributed by atoms with Gasteiger partial charge in [0.15, 0.2) is 0 Å². The number of nitrogens with zero attached hydrogens (tertiary/aromatic N) is 2. The number of benzene rings is 1. The summed E-state index contributed by atoms with van der Waals surface area (Å²) in [6.07, 6.45) is 0.265. The Morgan fingerprint density at radius 3 is 2.81 bits per heavy atom. The fourth-order valence-corrected chi connectivity index (χ4v) is 2.52. The SMILES string of the molecule is CCOC(=O)Cc1c(C)nn(Cc2cccc(Cl)c2)c1C. The van der Waals surface area contributed by atoms with E-state index in [1.807, 2.05) is 42.8 Å². The Labute approximate surface area is 129 Å². The van der Waals surface area contributed by atoms with E-state index in [0.29, 0.717) is 18.2 Å². The number of aryl methyl sites for hydroxylation is 1. The van der Waals surface area contributed by atoms with Crippen LogP contribution in [0.15, 0.2) is 24.3 Å². The van der Waals surface area contributed by atoms with Crippen molar-refractivity contribution in [3.63, 3.8) is 0 Å². The first kappa shape index (κ1) is 15.6. The molecule has 0 saturated heterocycles. The average molecular weight is 307 g/mol. The Balaban J connectivity index is 2.20. The molecule has 0 radical (unpaired) electrons. The lowest BCUT2D eigenvalue weighted by molar-refractivity contribution is -0.142. The number of rotatable bonds is 5. The van der Waals surface area contributed by atoms with Crippen LogP contribution in [0.25, 0.3) is 0 Å². The van der Waals surface area contributed by atoms with Gasteiger partial charge in [-0.2, -0.15) is 5.10 Å². The number of halogens is 1. The third-order valence-corrected chi connectivity index (χ3v) is 3.61. The number of aromatic nitrogens is 2. The summed E-state index contributed by atoms with van der Waals surface area (Å²) in [4.78, 5) is 11.7. The highest BCUT2D eigenvalue weighted by atomic mass is 35.5. The van der Waals surface area contributed by atoms with Crippen molar-refractivity contribution in [1.82, 2.24) is 9.78 Å². The third kappa shape index (κ3) is 3.85. The molecule has 112 valence electrons. The molecular formula is C16H19ClN2O2. The van der Waals surface area contributed by atoms with Crippen LogP contribution in [-0.2, 0) is 22.5 Å². The van der Waals surface area contributed by atoms with E-state index in [0.717, 1.165) is 22.5 Å². The summed E-state index contributed by atoms with van der Waals surface area (Å²) in [5.41, 5.74) is 3.87. The van der Waals surface area contributed by atoms with Crippen LogP contribution in [0.3, 0.4) is 0 Å². The second-order valence-electron chi connectivity index (χ2n) is 4.92. The van der Waals surface area contributed by atoms with Crippen LogP contribution in [0, 0.1) is 13.8 Å². The van der Waals surface area contributed by atoms with E-state index in [4.69, 9.17) is 16.3 Å². The van der Waals surface area contributed by atoms with Crippen molar-refractivity contribution in [3.05, 3.63) is 51.8 Å². The van der Waals surface area contributed by atoms with Crippen LogP contribution >= 0.6 is 11.6 Å². The Kier molecular flexibility index (Phi) is 5.02. The predicted molar refractivity (Wildman–Crippen MR) is 82.6 cm³/mol. The summed E-state index contributed by atoms with van der Waals surface area (Å²) in [6.45, 7) is 6.72. The number of ether oxygens (including phenoxy) is 1. The van der Waals surface area contributed by atoms with Gasteiger partial charge in [0, 0.05) is 16.3 Å². The smallest absolute Gasteiger partial charge is 0.310 e. The first-order chi connectivity index (χ1) is 10.0. The second-order valence-corrected chi connectivity index (χ2v) is 5.36. The lowest BCUT2D eigenvalue weighted by atomic mass is 10.1. The lowest BCUT2D eigenvalue weighted by Gasteiger charge is -2.06. The van der Waals surface area contributed by atoms with Crippen molar-refractivity contribution in [2.24, 2.45) is 0 Å². The molecule has 4 nitrogen and oxygen atoms in total. The Morgan fingerprint density at radius 1 is 1.38 bits per heavy atom. The molecule has 2 rings (SSSR count). The van der Waals surface area contributed by atoms with Crippen LogP contribution in [0.5, 0.6) is 0 Å². The van der Waals surface area contributed by atoms with Gasteiger partial charge in [-0.1, -0.05) is 23.7 Å². The molecule has 1 aromatic carbocycles. The molecule has 21 heavy (non-hydrogen) atoms. The van der Waals surface area contributed by atoms with Crippen LogP contribution in [0.2, 0.25) is 5.02 Å². The first-order valence-corrected chi connectivity index (χ1v) is 7.32. The molecule has 0 unspecified atom stereocenters. The highest BCUT2D eigenvalue weighted by Gasteiger charge is 2.15. The summed E-state index contributed by atoms with van der Waals surface area (Å²) >= 11 is 6.00.